The van der Waals surface area contributed by atoms with Gasteiger partial charge in [-0.2, -0.15) is 0 Å². The van der Waals surface area contributed by atoms with Crippen molar-refractivity contribution >= 4 is 138 Å². The number of anilines is 12. The lowest BCUT2D eigenvalue weighted by Crippen LogP contribution is -2.64. The second kappa shape index (κ2) is 20.9. The van der Waals surface area contributed by atoms with Crippen LogP contribution in [0.2, 0.25) is 0 Å². The number of rotatable bonds is 10. The van der Waals surface area contributed by atoms with Gasteiger partial charge in [-0.25, -0.2) is 0 Å². The molecule has 0 saturated heterocycles. The monoisotopic (exact) mass is 1130 g/mol. The first kappa shape index (κ1) is 50.4. The van der Waals surface area contributed by atoms with E-state index in [9.17, 15) is 0 Å². The Morgan fingerprint density at radius 3 is 1.20 bits per heavy atom. The summed E-state index contributed by atoms with van der Waals surface area (Å²) < 4.78 is 0. The molecule has 0 saturated carbocycles. The van der Waals surface area contributed by atoms with Crippen LogP contribution < -0.4 is 52.4 Å². The number of benzene rings is 13. The summed E-state index contributed by atoms with van der Waals surface area (Å²) in [6.07, 6.45) is 0. The maximum Gasteiger partial charge on any atom is 0.249 e. The van der Waals surface area contributed by atoms with Gasteiger partial charge in [0.05, 0.1) is 5.69 Å². The topological polar surface area (TPSA) is 13.0 Å². The predicted octanol–water partition coefficient (Wildman–Crippen LogP) is 17.5. The lowest BCUT2D eigenvalue weighted by atomic mass is 9.31. The maximum atomic E-state index is 2.68. The summed E-state index contributed by atoms with van der Waals surface area (Å²) in [6, 6.07) is 117. The van der Waals surface area contributed by atoms with Crippen molar-refractivity contribution in [3.63, 3.8) is 0 Å². The SMILES string of the molecule is c1ccc(-c2cccc(-c3ccccc3)c2N2c3cc4c(cc3B3c5ccccc5Sc5cc(N(c6ccccc6)c6ccccc6)cc2c53)B2c3ccccc3N(c3ccccc3)c3cc(N(c5ccccc5)c5ccccc5)cc(c32)S4)cc1. The van der Waals surface area contributed by atoms with Crippen LogP contribution in [0.15, 0.2) is 335 Å². The molecule has 4 nitrogen and oxygen atoms in total. The molecule has 0 unspecified atom stereocenters. The molecule has 0 bridgehead atoms. The van der Waals surface area contributed by atoms with E-state index in [0.717, 1.165) is 67.8 Å². The van der Waals surface area contributed by atoms with Gasteiger partial charge in [0.2, 0.25) is 13.4 Å². The third-order valence-corrected chi connectivity index (χ3v) is 19.7. The molecule has 13 aromatic carbocycles. The Labute approximate surface area is 511 Å². The van der Waals surface area contributed by atoms with Gasteiger partial charge in [0.25, 0.3) is 0 Å². The molecule has 17 rings (SSSR count). The van der Waals surface area contributed by atoms with Crippen LogP contribution in [0, 0.1) is 0 Å². The van der Waals surface area contributed by atoms with Gasteiger partial charge in [-0.05, 0) is 136 Å². The fourth-order valence-electron chi connectivity index (χ4n) is 13.9. The molecule has 0 N–H and O–H groups in total. The third kappa shape index (κ3) is 8.27. The minimum absolute atomic E-state index is 0.0691. The van der Waals surface area contributed by atoms with Gasteiger partial charge < -0.3 is 19.6 Å². The number of nitrogens with zero attached hydrogens (tertiary/aromatic N) is 4. The van der Waals surface area contributed by atoms with Crippen LogP contribution in [0.5, 0.6) is 0 Å². The highest BCUT2D eigenvalue weighted by Crippen LogP contribution is 2.53. The van der Waals surface area contributed by atoms with E-state index in [1.165, 1.54) is 75.1 Å². The molecule has 4 heterocycles. The zero-order valence-corrected chi connectivity index (χ0v) is 48.4. The Morgan fingerprint density at radius 2 is 0.674 bits per heavy atom. The molecule has 0 fully saturated rings. The van der Waals surface area contributed by atoms with Crippen molar-refractivity contribution in [1.82, 2.24) is 0 Å². The van der Waals surface area contributed by atoms with E-state index in [-0.39, 0.29) is 13.4 Å². The van der Waals surface area contributed by atoms with Crippen molar-refractivity contribution in [2.75, 3.05) is 19.6 Å². The molecule has 0 spiro atoms. The Hall–Kier alpha value is -10.1. The summed E-state index contributed by atoms with van der Waals surface area (Å²) in [4.78, 5) is 15.1. The van der Waals surface area contributed by atoms with Crippen molar-refractivity contribution in [2.24, 2.45) is 0 Å². The van der Waals surface area contributed by atoms with Crippen LogP contribution in [-0.4, -0.2) is 13.4 Å². The van der Waals surface area contributed by atoms with E-state index in [1.54, 1.807) is 0 Å². The van der Waals surface area contributed by atoms with Crippen LogP contribution >= 0.6 is 23.5 Å². The number of hydrogen-bond acceptors (Lipinski definition) is 6. The molecule has 13 aromatic rings. The minimum Gasteiger partial charge on any atom is -0.311 e. The van der Waals surface area contributed by atoms with Gasteiger partial charge in [0.15, 0.2) is 0 Å². The molecule has 4 aliphatic rings. The van der Waals surface area contributed by atoms with Gasteiger partial charge in [-0.3, -0.25) is 0 Å². The first-order valence-corrected chi connectivity index (χ1v) is 31.1. The fourth-order valence-corrected chi connectivity index (χ4v) is 16.3. The smallest absolute Gasteiger partial charge is 0.249 e. The minimum atomic E-state index is -0.0767. The molecule has 0 amide bonds. The summed E-state index contributed by atoms with van der Waals surface area (Å²) in [7, 11) is 0. The second-order valence-corrected chi connectivity index (χ2v) is 24.5. The Balaban J connectivity index is 0.979. The van der Waals surface area contributed by atoms with Crippen molar-refractivity contribution < 1.29 is 0 Å². The molecule has 0 aromatic heterocycles. The van der Waals surface area contributed by atoms with Gasteiger partial charge in [0, 0.05) is 93.3 Å². The van der Waals surface area contributed by atoms with Crippen molar-refractivity contribution in [2.45, 2.75) is 19.6 Å². The molecule has 4 aliphatic heterocycles. The first-order valence-electron chi connectivity index (χ1n) is 29.5. The highest BCUT2D eigenvalue weighted by Gasteiger charge is 2.47. The van der Waals surface area contributed by atoms with Crippen molar-refractivity contribution in [3.8, 4) is 22.3 Å². The number of fused-ring (bicyclic) bond motifs is 8. The lowest BCUT2D eigenvalue weighted by Gasteiger charge is -2.44. The summed E-state index contributed by atoms with van der Waals surface area (Å²) in [6.45, 7) is -0.146. The molecule has 0 radical (unpaired) electrons. The first-order chi connectivity index (χ1) is 42.7. The number of hydrogen-bond donors (Lipinski definition) is 0. The quantitative estimate of drug-likeness (QED) is 0.126. The highest BCUT2D eigenvalue weighted by atomic mass is 32.2. The maximum absolute atomic E-state index is 2.68. The molecule has 0 atom stereocenters. The largest absolute Gasteiger partial charge is 0.311 e. The van der Waals surface area contributed by atoms with Gasteiger partial charge in [-0.15, -0.1) is 0 Å². The molecule has 0 aliphatic carbocycles. The molecule has 8 heteroatoms. The molecule has 86 heavy (non-hydrogen) atoms. The van der Waals surface area contributed by atoms with Crippen LogP contribution in [0.1, 0.15) is 0 Å². The van der Waals surface area contributed by atoms with Gasteiger partial charge in [0.1, 0.15) is 0 Å². The standard InChI is InChI=1S/C78H52B2N4S2/c1-8-27-53(28-9-1)62-41-26-42-63(54-29-10-2-11-30-54)78(62)84-69-52-73-67(51-66(69)80-65-44-23-25-46-72(65)85-74-49-61(48-71(84)77(74)80)82(57-35-16-5-17-36-57)58-37-18-6-19-38-58)79-64-43-22-24-45-68(64)83(59-39-20-7-21-40-59)70-47-60(50-75(86-73)76(70)79)81(55-31-12-3-13-32-55)56-33-14-4-15-34-56/h1-52H. The highest BCUT2D eigenvalue weighted by molar-refractivity contribution is 8.00. The van der Waals surface area contributed by atoms with E-state index in [1.807, 2.05) is 23.5 Å². The third-order valence-electron chi connectivity index (χ3n) is 17.5. The van der Waals surface area contributed by atoms with E-state index in [4.69, 9.17) is 0 Å². The molecule has 402 valence electrons. The Morgan fingerprint density at radius 1 is 0.256 bits per heavy atom. The number of para-hydroxylation sites is 7. The Bertz CT molecular complexity index is 4590. The normalized spacial score (nSPS) is 12.9. The van der Waals surface area contributed by atoms with Gasteiger partial charge in [-0.1, -0.05) is 247 Å². The zero-order valence-electron chi connectivity index (χ0n) is 46.8. The average Bonchev–Trinajstić information content (AvgIpc) is 0.734. The van der Waals surface area contributed by atoms with Crippen LogP contribution in [0.25, 0.3) is 22.3 Å². The summed E-state index contributed by atoms with van der Waals surface area (Å²) in [5.41, 5.74) is 26.1. The van der Waals surface area contributed by atoms with E-state index in [2.05, 4.69) is 335 Å². The lowest BCUT2D eigenvalue weighted by molar-refractivity contribution is 1.22. The Kier molecular flexibility index (Phi) is 12.2. The van der Waals surface area contributed by atoms with E-state index >= 15 is 0 Å². The summed E-state index contributed by atoms with van der Waals surface area (Å²) >= 11 is 3.82. The summed E-state index contributed by atoms with van der Waals surface area (Å²) in [5.74, 6) is 0. The van der Waals surface area contributed by atoms with Crippen molar-refractivity contribution in [1.29, 1.82) is 0 Å². The molecular formula is C78H52B2N4S2. The zero-order chi connectivity index (χ0) is 56.7. The van der Waals surface area contributed by atoms with E-state index < -0.39 is 0 Å². The van der Waals surface area contributed by atoms with E-state index in [0.29, 0.717) is 0 Å². The molecular weight excluding hydrogens is 1080 g/mol. The van der Waals surface area contributed by atoms with Crippen LogP contribution in [0.4, 0.5) is 68.2 Å². The summed E-state index contributed by atoms with van der Waals surface area (Å²) in [5, 5.41) is 0. The average molecular weight is 1130 g/mol. The second-order valence-electron chi connectivity index (χ2n) is 22.3. The van der Waals surface area contributed by atoms with Crippen LogP contribution in [-0.2, 0) is 0 Å². The predicted molar refractivity (Wildman–Crippen MR) is 366 cm³/mol. The van der Waals surface area contributed by atoms with Crippen molar-refractivity contribution in [3.05, 3.63) is 315 Å². The van der Waals surface area contributed by atoms with Gasteiger partial charge >= 0.3 is 0 Å². The van der Waals surface area contributed by atoms with Crippen LogP contribution in [0.3, 0.4) is 0 Å². The fraction of sp³-hybridized carbons (Fsp3) is 0.